The van der Waals surface area contributed by atoms with Gasteiger partial charge in [0, 0.05) is 13.1 Å². The fourth-order valence-electron chi connectivity index (χ4n) is 1.32. The Labute approximate surface area is 95.5 Å². The number of alkyl halides is 3. The van der Waals surface area contributed by atoms with E-state index >= 15 is 0 Å². The predicted molar refractivity (Wildman–Crippen MR) is 53.7 cm³/mol. The first kappa shape index (κ1) is 13.2. The minimum atomic E-state index is -4.52. The maximum Gasteiger partial charge on any atom is 0.399 e. The highest BCUT2D eigenvalue weighted by molar-refractivity contribution is 7.80. The molecule has 0 radical (unpaired) electrons. The molecule has 0 aliphatic carbocycles. The van der Waals surface area contributed by atoms with Crippen molar-refractivity contribution in [1.29, 1.82) is 0 Å². The third-order valence-electron chi connectivity index (χ3n) is 2.23. The van der Waals surface area contributed by atoms with E-state index in [1.54, 1.807) is 0 Å². The maximum atomic E-state index is 12.5. The summed E-state index contributed by atoms with van der Waals surface area (Å²) in [5.41, 5.74) is 5.03. The molecule has 1 aliphatic rings. The van der Waals surface area contributed by atoms with Gasteiger partial charge in [0.05, 0.1) is 11.6 Å². The summed E-state index contributed by atoms with van der Waals surface area (Å²) in [6, 6.07) is 0. The van der Waals surface area contributed by atoms with E-state index in [1.165, 1.54) is 0 Å². The van der Waals surface area contributed by atoms with Crippen LogP contribution in [0.25, 0.3) is 0 Å². The minimum absolute atomic E-state index is 0.133. The van der Waals surface area contributed by atoms with Gasteiger partial charge < -0.3 is 15.4 Å². The molecule has 1 aliphatic heterocycles. The summed E-state index contributed by atoms with van der Waals surface area (Å²) in [4.78, 5) is 11.7. The lowest BCUT2D eigenvalue weighted by molar-refractivity contribution is -0.166. The van der Waals surface area contributed by atoms with Gasteiger partial charge in [0.15, 0.2) is 0 Å². The molecular weight excluding hydrogens is 245 g/mol. The van der Waals surface area contributed by atoms with Crippen LogP contribution in [0.3, 0.4) is 0 Å². The Hall–Kier alpha value is -0.890. The van der Waals surface area contributed by atoms with Gasteiger partial charge in [-0.25, -0.2) is 0 Å². The molecule has 0 saturated carbocycles. The van der Waals surface area contributed by atoms with Gasteiger partial charge in [-0.2, -0.15) is 13.2 Å². The van der Waals surface area contributed by atoms with Crippen molar-refractivity contribution in [2.45, 2.75) is 6.18 Å². The zero-order chi connectivity index (χ0) is 12.3. The molecule has 1 saturated heterocycles. The Balaban J connectivity index is 2.68. The third-order valence-corrected chi connectivity index (χ3v) is 2.51. The van der Waals surface area contributed by atoms with Gasteiger partial charge in [0.25, 0.3) is 0 Å². The van der Waals surface area contributed by atoms with Crippen LogP contribution in [0.4, 0.5) is 13.2 Å². The van der Waals surface area contributed by atoms with E-state index in [4.69, 9.17) is 10.5 Å². The van der Waals surface area contributed by atoms with Crippen LogP contribution in [0.5, 0.6) is 0 Å². The Morgan fingerprint density at radius 2 is 2.25 bits per heavy atom. The van der Waals surface area contributed by atoms with E-state index in [0.717, 1.165) is 4.90 Å². The van der Waals surface area contributed by atoms with Gasteiger partial charge in [-0.1, -0.05) is 12.2 Å². The van der Waals surface area contributed by atoms with Crippen molar-refractivity contribution in [3.8, 4) is 0 Å². The highest BCUT2D eigenvalue weighted by atomic mass is 32.1. The third kappa shape index (κ3) is 3.31. The smallest absolute Gasteiger partial charge is 0.393 e. The average molecular weight is 256 g/mol. The first-order chi connectivity index (χ1) is 7.32. The molecule has 4 nitrogen and oxygen atoms in total. The number of thiocarbonyl (C=S) groups is 1. The Kier molecular flexibility index (Phi) is 4.09. The highest BCUT2D eigenvalue weighted by Gasteiger charge is 2.43. The number of morpholine rings is 1. The van der Waals surface area contributed by atoms with Crippen LogP contribution in [0, 0.1) is 5.92 Å². The first-order valence-electron chi connectivity index (χ1n) is 4.54. The summed E-state index contributed by atoms with van der Waals surface area (Å²) >= 11 is 4.36. The molecule has 92 valence electrons. The van der Waals surface area contributed by atoms with Crippen molar-refractivity contribution in [3.05, 3.63) is 0 Å². The van der Waals surface area contributed by atoms with Crippen molar-refractivity contribution in [2.24, 2.45) is 11.7 Å². The first-order valence-corrected chi connectivity index (χ1v) is 4.94. The zero-order valence-corrected chi connectivity index (χ0v) is 9.11. The van der Waals surface area contributed by atoms with Crippen molar-refractivity contribution in [1.82, 2.24) is 4.90 Å². The molecule has 1 heterocycles. The number of hydrogen-bond acceptors (Lipinski definition) is 3. The average Bonchev–Trinajstić information content (AvgIpc) is 2.14. The van der Waals surface area contributed by atoms with Crippen molar-refractivity contribution in [2.75, 3.05) is 26.3 Å². The van der Waals surface area contributed by atoms with Crippen LogP contribution < -0.4 is 5.73 Å². The quantitative estimate of drug-likeness (QED) is 0.738. The Morgan fingerprint density at radius 1 is 1.62 bits per heavy atom. The summed E-state index contributed by atoms with van der Waals surface area (Å²) in [5, 5.41) is 0. The van der Waals surface area contributed by atoms with Gasteiger partial charge in [-0.15, -0.1) is 0 Å². The fourth-order valence-corrected chi connectivity index (χ4v) is 1.53. The standard InChI is InChI=1S/C8H11F3N2O2S/c9-8(10,11)5(7(12)16)3-13-1-2-15-4-6(13)14/h5H,1-4H2,(H2,12,16). The predicted octanol–water partition coefficient (Wildman–Crippen LogP) is 0.310. The monoisotopic (exact) mass is 256 g/mol. The molecule has 1 rings (SSSR count). The number of ether oxygens (including phenoxy) is 1. The van der Waals surface area contributed by atoms with Crippen LogP contribution in [0.1, 0.15) is 0 Å². The molecular formula is C8H11F3N2O2S. The van der Waals surface area contributed by atoms with E-state index in [1.807, 2.05) is 0 Å². The van der Waals surface area contributed by atoms with Crippen LogP contribution in [0.2, 0.25) is 0 Å². The van der Waals surface area contributed by atoms with E-state index in [0.29, 0.717) is 0 Å². The van der Waals surface area contributed by atoms with Gasteiger partial charge in [-0.05, 0) is 0 Å². The van der Waals surface area contributed by atoms with Crippen LogP contribution >= 0.6 is 12.2 Å². The van der Waals surface area contributed by atoms with E-state index in [9.17, 15) is 18.0 Å². The summed E-state index contributed by atoms with van der Waals surface area (Å²) in [7, 11) is 0. The number of nitrogens with two attached hydrogens (primary N) is 1. The molecule has 0 aromatic rings. The molecule has 0 bridgehead atoms. The SMILES string of the molecule is NC(=S)C(CN1CCOCC1=O)C(F)(F)F. The van der Waals surface area contributed by atoms with E-state index in [2.05, 4.69) is 12.2 Å². The number of halogens is 3. The molecule has 16 heavy (non-hydrogen) atoms. The Morgan fingerprint density at radius 3 is 2.69 bits per heavy atom. The number of nitrogens with zero attached hydrogens (tertiary/aromatic N) is 1. The number of hydrogen-bond donors (Lipinski definition) is 1. The second-order valence-corrected chi connectivity index (χ2v) is 3.86. The lowest BCUT2D eigenvalue weighted by Gasteiger charge is -2.30. The van der Waals surface area contributed by atoms with Gasteiger partial charge >= 0.3 is 6.18 Å². The summed E-state index contributed by atoms with van der Waals surface area (Å²) in [6.07, 6.45) is -4.52. The zero-order valence-electron chi connectivity index (χ0n) is 8.29. The fraction of sp³-hybridized carbons (Fsp3) is 0.750. The highest BCUT2D eigenvalue weighted by Crippen LogP contribution is 2.27. The molecule has 1 fully saturated rings. The van der Waals surface area contributed by atoms with Crippen molar-refractivity contribution in [3.63, 3.8) is 0 Å². The number of amides is 1. The molecule has 8 heteroatoms. The summed E-state index contributed by atoms with van der Waals surface area (Å²) in [5.74, 6) is -2.43. The molecule has 0 spiro atoms. The molecule has 2 N–H and O–H groups in total. The summed E-state index contributed by atoms with van der Waals surface area (Å²) < 4.78 is 42.4. The van der Waals surface area contributed by atoms with E-state index < -0.39 is 29.5 Å². The summed E-state index contributed by atoms with van der Waals surface area (Å²) in [6.45, 7) is -0.357. The largest absolute Gasteiger partial charge is 0.399 e. The number of carbonyl (C=O) groups is 1. The molecule has 1 atom stereocenters. The van der Waals surface area contributed by atoms with Crippen molar-refractivity contribution < 1.29 is 22.7 Å². The molecule has 1 unspecified atom stereocenters. The van der Waals surface area contributed by atoms with E-state index in [-0.39, 0.29) is 19.8 Å². The second-order valence-electron chi connectivity index (χ2n) is 3.39. The second kappa shape index (κ2) is 4.96. The van der Waals surface area contributed by atoms with Gasteiger partial charge in [0.2, 0.25) is 5.91 Å². The maximum absolute atomic E-state index is 12.5. The normalized spacial score (nSPS) is 19.7. The number of rotatable bonds is 3. The molecule has 1 amide bonds. The van der Waals surface area contributed by atoms with Crippen LogP contribution in [-0.2, 0) is 9.53 Å². The lowest BCUT2D eigenvalue weighted by atomic mass is 10.1. The van der Waals surface area contributed by atoms with Crippen LogP contribution in [0.15, 0.2) is 0 Å². The van der Waals surface area contributed by atoms with Gasteiger partial charge in [-0.3, -0.25) is 4.79 Å². The van der Waals surface area contributed by atoms with Gasteiger partial charge in [0.1, 0.15) is 12.5 Å². The number of carbonyl (C=O) groups excluding carboxylic acids is 1. The van der Waals surface area contributed by atoms with Crippen molar-refractivity contribution >= 4 is 23.1 Å². The topological polar surface area (TPSA) is 55.6 Å². The molecule has 0 aromatic heterocycles. The minimum Gasteiger partial charge on any atom is -0.393 e. The molecule has 0 aromatic carbocycles. The Bertz CT molecular complexity index is 295. The van der Waals surface area contributed by atoms with Crippen LogP contribution in [-0.4, -0.2) is 48.3 Å². The lowest BCUT2D eigenvalue weighted by Crippen LogP contribution is -2.49.